The minimum atomic E-state index is -2.43. The minimum Gasteiger partial charge on any atom is -0.289 e. The van der Waals surface area contributed by atoms with Crippen molar-refractivity contribution in [2.24, 2.45) is 0 Å². The third kappa shape index (κ3) is 3.68. The zero-order valence-electron chi connectivity index (χ0n) is 14.0. The summed E-state index contributed by atoms with van der Waals surface area (Å²) in [5.74, 6) is 0.161. The molecule has 0 spiro atoms. The van der Waals surface area contributed by atoms with Gasteiger partial charge < -0.3 is 0 Å². The fourth-order valence-corrected chi connectivity index (χ4v) is 2.67. The Morgan fingerprint density at radius 3 is 2.29 bits per heavy atom. The van der Waals surface area contributed by atoms with Crippen LogP contribution in [-0.2, 0) is 9.09 Å². The number of aryl methyl sites for hydroxylation is 1. The Morgan fingerprint density at radius 1 is 1.17 bits per heavy atom. The summed E-state index contributed by atoms with van der Waals surface area (Å²) < 4.78 is 13.8. The summed E-state index contributed by atoms with van der Waals surface area (Å²) in [6.45, 7) is 9.58. The lowest BCUT2D eigenvalue weighted by molar-refractivity contribution is 0.103. The van der Waals surface area contributed by atoms with Crippen LogP contribution in [0, 0.1) is 20.8 Å². The number of ketones is 1. The van der Waals surface area contributed by atoms with Crippen LogP contribution in [0.15, 0.2) is 43.0 Å². The monoisotopic (exact) mass is 343 g/mol. The van der Waals surface area contributed by atoms with E-state index in [0.717, 1.165) is 22.3 Å². The summed E-state index contributed by atoms with van der Waals surface area (Å²) in [5, 5.41) is 0. The van der Waals surface area contributed by atoms with E-state index in [9.17, 15) is 9.36 Å². The molecule has 5 heteroatoms. The van der Waals surface area contributed by atoms with Crippen molar-refractivity contribution < 1.29 is 18.8 Å². The Balaban J connectivity index is 0.000000256. The van der Waals surface area contributed by atoms with E-state index < -0.39 is 8.25 Å². The van der Waals surface area contributed by atoms with Crippen LogP contribution in [0.2, 0.25) is 0 Å². The van der Waals surface area contributed by atoms with Crippen molar-refractivity contribution in [1.82, 2.24) is 0 Å². The molecule has 3 rings (SSSR count). The maximum atomic E-state index is 12.4. The lowest BCUT2D eigenvalue weighted by Crippen LogP contribution is -2.11. The molecule has 0 bridgehead atoms. The lowest BCUT2D eigenvalue weighted by Gasteiger charge is -2.21. The van der Waals surface area contributed by atoms with Crippen LogP contribution in [0.3, 0.4) is 0 Å². The smallest absolute Gasteiger partial charge is 0.289 e. The summed E-state index contributed by atoms with van der Waals surface area (Å²) in [7, 11) is -2.43. The van der Waals surface area contributed by atoms with Gasteiger partial charge in [-0.15, -0.1) is 16.0 Å². The molecule has 24 heavy (non-hydrogen) atoms. The number of fused-ring (bicyclic) bond motifs is 1. The minimum absolute atomic E-state index is 0.131. The average molecular weight is 343 g/mol. The summed E-state index contributed by atoms with van der Waals surface area (Å²) in [4.78, 5) is 20.3. The predicted octanol–water partition coefficient (Wildman–Crippen LogP) is 4.66. The van der Waals surface area contributed by atoms with Crippen LogP contribution in [-0.4, -0.2) is 17.3 Å². The SMILES string of the molecule is C=CCO[P+](=O)O.Cc1ccc(C(=O)c2cc3ccc2-3)c(C)c1C. The largest absolute Gasteiger partial charge is 0.695 e. The van der Waals surface area contributed by atoms with Crippen molar-refractivity contribution in [2.75, 3.05) is 6.61 Å². The van der Waals surface area contributed by atoms with Gasteiger partial charge in [0.15, 0.2) is 5.78 Å². The molecule has 1 atom stereocenters. The van der Waals surface area contributed by atoms with Gasteiger partial charge in [-0.05, 0) is 54.7 Å². The molecule has 0 fully saturated rings. The standard InChI is InChI=1S/C16H14O.C3H5O3P/c1-9-4-6-13(11(3)10(9)2)16(17)15-8-12-5-7-14(12)15;1-2-3-6-7(4)5/h4-8H,1-3H3;2H,1,3H2/p+1. The second-order valence-electron chi connectivity index (χ2n) is 5.59. The molecular formula is C19H20O4P+. The lowest BCUT2D eigenvalue weighted by atomic mass is 9.81. The fraction of sp³-hybridized carbons (Fsp3) is 0.211. The van der Waals surface area contributed by atoms with Gasteiger partial charge in [0, 0.05) is 15.7 Å². The van der Waals surface area contributed by atoms with Gasteiger partial charge in [0.05, 0.1) is 0 Å². The maximum Gasteiger partial charge on any atom is 0.695 e. The third-order valence-corrected chi connectivity index (χ3v) is 4.55. The molecule has 1 N–H and O–H groups in total. The Labute approximate surface area is 142 Å². The molecule has 0 heterocycles. The highest BCUT2D eigenvalue weighted by molar-refractivity contribution is 7.32. The van der Waals surface area contributed by atoms with Crippen molar-refractivity contribution >= 4 is 14.0 Å². The van der Waals surface area contributed by atoms with E-state index in [2.05, 4.69) is 25.0 Å². The first-order valence-electron chi connectivity index (χ1n) is 7.52. The molecule has 1 unspecified atom stereocenters. The van der Waals surface area contributed by atoms with Gasteiger partial charge in [-0.25, -0.2) is 0 Å². The first kappa shape index (κ1) is 18.2. The van der Waals surface area contributed by atoms with E-state index in [0.29, 0.717) is 0 Å². The van der Waals surface area contributed by atoms with E-state index in [1.807, 2.05) is 37.3 Å². The third-order valence-electron chi connectivity index (χ3n) is 4.18. The second kappa shape index (κ2) is 7.63. The molecule has 0 radical (unpaired) electrons. The number of benzene rings is 2. The number of rotatable bonds is 5. The maximum absolute atomic E-state index is 12.4. The summed E-state index contributed by atoms with van der Waals surface area (Å²) in [6, 6.07) is 10.0. The molecule has 1 aromatic carbocycles. The van der Waals surface area contributed by atoms with Gasteiger partial charge >= 0.3 is 8.25 Å². The van der Waals surface area contributed by atoms with Crippen LogP contribution < -0.4 is 0 Å². The van der Waals surface area contributed by atoms with Crippen molar-refractivity contribution in [1.29, 1.82) is 0 Å². The zero-order valence-corrected chi connectivity index (χ0v) is 14.9. The Hall–Kier alpha value is -2.13. The number of hydrogen-bond acceptors (Lipinski definition) is 3. The highest BCUT2D eigenvalue weighted by Gasteiger charge is 2.24. The molecule has 4 nitrogen and oxygen atoms in total. The number of carbonyl (C=O) groups excluding carboxylic acids is 1. The van der Waals surface area contributed by atoms with Crippen molar-refractivity contribution in [3.63, 3.8) is 0 Å². The van der Waals surface area contributed by atoms with Crippen LogP contribution in [0.5, 0.6) is 0 Å². The Kier molecular flexibility index (Phi) is 5.79. The van der Waals surface area contributed by atoms with Crippen molar-refractivity contribution in [3.8, 4) is 11.1 Å². The van der Waals surface area contributed by atoms with Crippen LogP contribution in [0.1, 0.15) is 32.6 Å². The van der Waals surface area contributed by atoms with Gasteiger partial charge in [-0.3, -0.25) is 4.79 Å². The summed E-state index contributed by atoms with van der Waals surface area (Å²) in [5.41, 5.74) is 7.62. The molecule has 1 aromatic rings. The first-order chi connectivity index (χ1) is 11.4. The highest BCUT2D eigenvalue weighted by Crippen LogP contribution is 2.38. The van der Waals surface area contributed by atoms with Gasteiger partial charge in [0.25, 0.3) is 0 Å². The fourth-order valence-electron chi connectivity index (χ4n) is 2.44. The van der Waals surface area contributed by atoms with E-state index >= 15 is 0 Å². The Morgan fingerprint density at radius 2 is 1.88 bits per heavy atom. The molecule has 2 aliphatic carbocycles. The van der Waals surface area contributed by atoms with Gasteiger partial charge in [-0.1, -0.05) is 30.3 Å². The average Bonchev–Trinajstić information content (AvgIpc) is 2.53. The van der Waals surface area contributed by atoms with Crippen LogP contribution >= 0.6 is 8.25 Å². The predicted molar refractivity (Wildman–Crippen MR) is 95.5 cm³/mol. The molecule has 0 saturated heterocycles. The summed E-state index contributed by atoms with van der Waals surface area (Å²) >= 11 is 0. The molecule has 0 aliphatic heterocycles. The first-order valence-corrected chi connectivity index (χ1v) is 8.65. The van der Waals surface area contributed by atoms with Crippen molar-refractivity contribution in [2.45, 2.75) is 20.8 Å². The molecule has 0 amide bonds. The number of carbonyl (C=O) groups is 1. The molecule has 124 valence electrons. The van der Waals surface area contributed by atoms with Crippen LogP contribution in [0.25, 0.3) is 11.1 Å². The quantitative estimate of drug-likeness (QED) is 0.416. The molecule has 0 saturated carbocycles. The highest BCUT2D eigenvalue weighted by atomic mass is 31.1. The van der Waals surface area contributed by atoms with Crippen molar-refractivity contribution in [3.05, 3.63) is 70.8 Å². The van der Waals surface area contributed by atoms with Gasteiger partial charge in [0.1, 0.15) is 6.61 Å². The van der Waals surface area contributed by atoms with E-state index in [4.69, 9.17) is 4.89 Å². The Bertz CT molecular complexity index is 824. The topological polar surface area (TPSA) is 63.6 Å². The van der Waals surface area contributed by atoms with E-state index in [1.165, 1.54) is 22.8 Å². The molecule has 0 aromatic heterocycles. The second-order valence-corrected chi connectivity index (χ2v) is 6.33. The summed E-state index contributed by atoms with van der Waals surface area (Å²) in [6.07, 6.45) is 1.41. The molecule has 2 aliphatic rings. The van der Waals surface area contributed by atoms with E-state index in [1.54, 1.807) is 0 Å². The molecular weight excluding hydrogens is 323 g/mol. The van der Waals surface area contributed by atoms with Crippen LogP contribution in [0.4, 0.5) is 0 Å². The zero-order chi connectivity index (χ0) is 17.9. The van der Waals surface area contributed by atoms with E-state index in [-0.39, 0.29) is 12.4 Å². The van der Waals surface area contributed by atoms with Gasteiger partial charge in [0.2, 0.25) is 0 Å². The van der Waals surface area contributed by atoms with Gasteiger partial charge in [-0.2, -0.15) is 0 Å². The normalized spacial score (nSPS) is 11.2. The number of hydrogen-bond donors (Lipinski definition) is 1.